The number of H-pyrrole nitrogens is 1. The quantitative estimate of drug-likeness (QED) is 0.572. The monoisotopic (exact) mass is 391 g/mol. The van der Waals surface area contributed by atoms with Crippen LogP contribution in [-0.2, 0) is 4.74 Å². The van der Waals surface area contributed by atoms with Crippen LogP contribution in [0.15, 0.2) is 53.6 Å². The van der Waals surface area contributed by atoms with Crippen molar-refractivity contribution in [3.8, 4) is 23.0 Å². The number of aromatic nitrogens is 3. The third-order valence-corrected chi connectivity index (χ3v) is 4.40. The van der Waals surface area contributed by atoms with Gasteiger partial charge in [-0.05, 0) is 42.7 Å². The number of nitriles is 1. The number of hydrogen-bond donors (Lipinski definition) is 2. The molecule has 0 fully saturated rings. The van der Waals surface area contributed by atoms with Crippen LogP contribution in [-0.4, -0.2) is 40.9 Å². The maximum Gasteiger partial charge on any atom is 0.280 e. The summed E-state index contributed by atoms with van der Waals surface area (Å²) in [5.74, 6) is 0.171. The molecular formula is C21H21N5O3. The SMILES string of the molecule is COCCCCNC(=O)c1ccc(-n2[nH]cc(-c3ccc(C#N)cc3)c2=O)nc1. The lowest BCUT2D eigenvalue weighted by molar-refractivity contribution is 0.0951. The van der Waals surface area contributed by atoms with Crippen LogP contribution in [0.4, 0.5) is 0 Å². The molecular weight excluding hydrogens is 370 g/mol. The van der Waals surface area contributed by atoms with Gasteiger partial charge in [-0.15, -0.1) is 0 Å². The van der Waals surface area contributed by atoms with Crippen molar-refractivity contribution in [1.82, 2.24) is 20.1 Å². The molecule has 2 N–H and O–H groups in total. The molecule has 0 unspecified atom stereocenters. The Labute approximate surface area is 167 Å². The number of methoxy groups -OCH3 is 1. The van der Waals surface area contributed by atoms with Gasteiger partial charge in [0.2, 0.25) is 0 Å². The summed E-state index contributed by atoms with van der Waals surface area (Å²) in [4.78, 5) is 29.1. The minimum Gasteiger partial charge on any atom is -0.385 e. The highest BCUT2D eigenvalue weighted by atomic mass is 16.5. The number of pyridine rings is 1. The molecule has 0 aliphatic heterocycles. The minimum atomic E-state index is -0.266. The van der Waals surface area contributed by atoms with Gasteiger partial charge >= 0.3 is 0 Å². The van der Waals surface area contributed by atoms with Crippen molar-refractivity contribution >= 4 is 5.91 Å². The summed E-state index contributed by atoms with van der Waals surface area (Å²) in [6.07, 6.45) is 4.74. The van der Waals surface area contributed by atoms with Crippen LogP contribution < -0.4 is 10.9 Å². The standard InChI is InChI=1S/C21H21N5O3/c1-29-11-3-2-10-23-20(27)17-8-9-19(24-13-17)26-21(28)18(14-25-26)16-6-4-15(12-22)5-7-16/h4-9,13-14,25H,2-3,10-11H2,1H3,(H,23,27). The number of rotatable bonds is 8. The van der Waals surface area contributed by atoms with E-state index in [2.05, 4.69) is 15.4 Å². The fourth-order valence-corrected chi connectivity index (χ4v) is 2.80. The average molecular weight is 391 g/mol. The predicted molar refractivity (Wildman–Crippen MR) is 108 cm³/mol. The molecule has 0 aliphatic carbocycles. The minimum absolute atomic E-state index is 0.210. The number of carbonyl (C=O) groups is 1. The Morgan fingerprint density at radius 1 is 1.24 bits per heavy atom. The van der Waals surface area contributed by atoms with Crippen LogP contribution in [0, 0.1) is 11.3 Å². The van der Waals surface area contributed by atoms with Gasteiger partial charge in [-0.3, -0.25) is 14.7 Å². The van der Waals surface area contributed by atoms with Crippen molar-refractivity contribution in [2.75, 3.05) is 20.3 Å². The maximum absolute atomic E-state index is 12.7. The first-order valence-electron chi connectivity index (χ1n) is 9.18. The predicted octanol–water partition coefficient (Wildman–Crippen LogP) is 2.26. The van der Waals surface area contributed by atoms with Crippen molar-refractivity contribution in [3.63, 3.8) is 0 Å². The van der Waals surface area contributed by atoms with E-state index in [-0.39, 0.29) is 11.5 Å². The van der Waals surface area contributed by atoms with E-state index < -0.39 is 0 Å². The number of benzene rings is 1. The van der Waals surface area contributed by atoms with Gasteiger partial charge in [-0.25, -0.2) is 9.67 Å². The van der Waals surface area contributed by atoms with Crippen LogP contribution in [0.5, 0.6) is 0 Å². The van der Waals surface area contributed by atoms with Crippen LogP contribution in [0.1, 0.15) is 28.8 Å². The molecule has 0 aliphatic rings. The summed E-state index contributed by atoms with van der Waals surface area (Å²) < 4.78 is 6.28. The zero-order valence-corrected chi connectivity index (χ0v) is 16.0. The Balaban J connectivity index is 1.70. The zero-order chi connectivity index (χ0) is 20.6. The molecule has 8 heteroatoms. The van der Waals surface area contributed by atoms with E-state index in [1.54, 1.807) is 49.7 Å². The van der Waals surface area contributed by atoms with E-state index in [1.807, 2.05) is 6.07 Å². The first kappa shape index (κ1) is 20.0. The van der Waals surface area contributed by atoms with Crippen LogP contribution >= 0.6 is 0 Å². The summed E-state index contributed by atoms with van der Waals surface area (Å²) in [5.41, 5.74) is 1.85. The van der Waals surface area contributed by atoms with E-state index >= 15 is 0 Å². The van der Waals surface area contributed by atoms with E-state index in [9.17, 15) is 9.59 Å². The van der Waals surface area contributed by atoms with Gasteiger partial charge in [0.25, 0.3) is 11.5 Å². The molecule has 148 valence electrons. The second-order valence-electron chi connectivity index (χ2n) is 6.38. The summed E-state index contributed by atoms with van der Waals surface area (Å²) in [6.45, 7) is 1.23. The lowest BCUT2D eigenvalue weighted by Gasteiger charge is -2.06. The van der Waals surface area contributed by atoms with Crippen LogP contribution in [0.25, 0.3) is 16.9 Å². The number of aromatic amines is 1. The van der Waals surface area contributed by atoms with E-state index in [0.29, 0.717) is 41.2 Å². The number of ether oxygens (including phenoxy) is 1. The molecule has 0 radical (unpaired) electrons. The molecule has 8 nitrogen and oxygen atoms in total. The fourth-order valence-electron chi connectivity index (χ4n) is 2.80. The van der Waals surface area contributed by atoms with Crippen molar-refractivity contribution < 1.29 is 9.53 Å². The number of carbonyl (C=O) groups excluding carboxylic acids is 1. The van der Waals surface area contributed by atoms with E-state index in [4.69, 9.17) is 10.00 Å². The largest absolute Gasteiger partial charge is 0.385 e. The average Bonchev–Trinajstić information content (AvgIpc) is 3.15. The second kappa shape index (κ2) is 9.48. The third-order valence-electron chi connectivity index (χ3n) is 4.40. The molecule has 0 atom stereocenters. The molecule has 2 heterocycles. The Hall–Kier alpha value is -3.70. The molecule has 3 aromatic rings. The van der Waals surface area contributed by atoms with Crippen molar-refractivity contribution in [2.24, 2.45) is 0 Å². The number of unbranched alkanes of at least 4 members (excludes halogenated alkanes) is 1. The maximum atomic E-state index is 12.7. The number of amides is 1. The van der Waals surface area contributed by atoms with Gasteiger partial charge in [-0.2, -0.15) is 5.26 Å². The Morgan fingerprint density at radius 3 is 2.69 bits per heavy atom. The Bertz CT molecular complexity index is 1060. The van der Waals surface area contributed by atoms with E-state index in [1.165, 1.54) is 10.9 Å². The molecule has 0 saturated carbocycles. The Morgan fingerprint density at radius 2 is 2.03 bits per heavy atom. The summed E-state index contributed by atoms with van der Waals surface area (Å²) in [6, 6.07) is 12.1. The first-order chi connectivity index (χ1) is 14.1. The molecule has 3 rings (SSSR count). The lowest BCUT2D eigenvalue weighted by atomic mass is 10.1. The van der Waals surface area contributed by atoms with Crippen molar-refractivity contribution in [2.45, 2.75) is 12.8 Å². The summed E-state index contributed by atoms with van der Waals surface area (Å²) >= 11 is 0. The number of hydrogen-bond acceptors (Lipinski definition) is 5. The second-order valence-corrected chi connectivity index (χ2v) is 6.38. The van der Waals surface area contributed by atoms with Gasteiger partial charge in [0.05, 0.1) is 22.8 Å². The highest BCUT2D eigenvalue weighted by Crippen LogP contribution is 2.16. The van der Waals surface area contributed by atoms with Crippen molar-refractivity contribution in [1.29, 1.82) is 5.26 Å². The van der Waals surface area contributed by atoms with Crippen LogP contribution in [0.2, 0.25) is 0 Å². The normalized spacial score (nSPS) is 10.5. The fraction of sp³-hybridized carbons (Fsp3) is 0.238. The van der Waals surface area contributed by atoms with Crippen molar-refractivity contribution in [3.05, 3.63) is 70.3 Å². The molecule has 0 bridgehead atoms. The van der Waals surface area contributed by atoms with E-state index in [0.717, 1.165) is 12.8 Å². The zero-order valence-electron chi connectivity index (χ0n) is 16.0. The molecule has 1 aromatic carbocycles. The molecule has 29 heavy (non-hydrogen) atoms. The van der Waals surface area contributed by atoms with Gasteiger partial charge < -0.3 is 10.1 Å². The Kier molecular flexibility index (Phi) is 6.55. The summed E-state index contributed by atoms with van der Waals surface area (Å²) in [5, 5.41) is 14.6. The topological polar surface area (TPSA) is 113 Å². The van der Waals surface area contributed by atoms with Gasteiger partial charge in [0.15, 0.2) is 5.82 Å². The molecule has 0 spiro atoms. The smallest absolute Gasteiger partial charge is 0.280 e. The van der Waals surface area contributed by atoms with Gasteiger partial charge in [-0.1, -0.05) is 12.1 Å². The third kappa shape index (κ3) is 4.78. The van der Waals surface area contributed by atoms with Gasteiger partial charge in [0, 0.05) is 32.7 Å². The lowest BCUT2D eigenvalue weighted by Crippen LogP contribution is -2.25. The molecule has 2 aromatic heterocycles. The summed E-state index contributed by atoms with van der Waals surface area (Å²) in [7, 11) is 1.65. The van der Waals surface area contributed by atoms with Crippen LogP contribution in [0.3, 0.4) is 0 Å². The molecule has 0 saturated heterocycles. The first-order valence-corrected chi connectivity index (χ1v) is 9.18. The highest BCUT2D eigenvalue weighted by Gasteiger charge is 2.12. The molecule has 1 amide bonds. The van der Waals surface area contributed by atoms with Gasteiger partial charge in [0.1, 0.15) is 0 Å². The number of nitrogens with one attached hydrogen (secondary N) is 2. The number of nitrogens with zero attached hydrogens (tertiary/aromatic N) is 3. The highest BCUT2D eigenvalue weighted by molar-refractivity contribution is 5.93.